The first-order valence-electron chi connectivity index (χ1n) is 9.15. The number of carbonyl (C=O) groups excluding carboxylic acids is 1. The molecule has 0 saturated heterocycles. The molecule has 1 heterocycles. The zero-order chi connectivity index (χ0) is 17.6. The van der Waals surface area contributed by atoms with Crippen LogP contribution in [-0.4, -0.2) is 29.6 Å². The van der Waals surface area contributed by atoms with Gasteiger partial charge in [0.1, 0.15) is 0 Å². The van der Waals surface area contributed by atoms with Crippen LogP contribution in [0.5, 0.6) is 0 Å². The lowest BCUT2D eigenvalue weighted by molar-refractivity contribution is -0.132. The van der Waals surface area contributed by atoms with E-state index < -0.39 is 0 Å². The van der Waals surface area contributed by atoms with Gasteiger partial charge in [-0.3, -0.25) is 9.79 Å². The van der Waals surface area contributed by atoms with E-state index in [-0.39, 0.29) is 23.2 Å². The number of nitrogens with zero attached hydrogens (tertiary/aromatic N) is 2. The molecule has 1 fully saturated rings. The first kappa shape index (κ1) is 16.1. The molecule has 0 N–H and O–H groups in total. The molecular weight excluding hydrogens is 308 g/mol. The molecule has 1 aliphatic heterocycles. The molecule has 1 amide bonds. The molecule has 2 aromatic carbocycles. The first-order chi connectivity index (χ1) is 12.2. The highest BCUT2D eigenvalue weighted by Gasteiger charge is 2.73. The molecule has 0 bridgehead atoms. The molecule has 3 atom stereocenters. The van der Waals surface area contributed by atoms with Crippen molar-refractivity contribution in [3.63, 3.8) is 0 Å². The number of carbonyl (C=O) groups is 1. The summed E-state index contributed by atoms with van der Waals surface area (Å²) in [5.41, 5.74) is 4.28. The van der Waals surface area contributed by atoms with Gasteiger partial charge in [-0.05, 0) is 38.0 Å². The van der Waals surface area contributed by atoms with E-state index in [2.05, 4.69) is 63.2 Å². The summed E-state index contributed by atoms with van der Waals surface area (Å²) in [5.74, 6) is 0.376. The SMILES string of the molecule is CCN(CC)C(=O)C1C(c2ccccc2)C12C(C)=Nc1ccccc12. The minimum absolute atomic E-state index is 0.0535. The van der Waals surface area contributed by atoms with Crippen LogP contribution >= 0.6 is 0 Å². The number of rotatable bonds is 4. The molecule has 1 spiro atoms. The summed E-state index contributed by atoms with van der Waals surface area (Å²) in [7, 11) is 0. The summed E-state index contributed by atoms with van der Waals surface area (Å²) in [5, 5.41) is 0. The molecule has 4 rings (SSSR count). The van der Waals surface area contributed by atoms with Crippen molar-refractivity contribution >= 4 is 17.3 Å². The molecule has 0 aromatic heterocycles. The van der Waals surface area contributed by atoms with E-state index in [1.54, 1.807) is 0 Å². The van der Waals surface area contributed by atoms with Crippen molar-refractivity contribution < 1.29 is 4.79 Å². The number of benzene rings is 2. The van der Waals surface area contributed by atoms with Crippen molar-refractivity contribution in [2.45, 2.75) is 32.1 Å². The lowest BCUT2D eigenvalue weighted by Gasteiger charge is -2.20. The van der Waals surface area contributed by atoms with E-state index in [1.165, 1.54) is 11.1 Å². The Kier molecular flexibility index (Phi) is 3.75. The Bertz CT molecular complexity index is 838. The van der Waals surface area contributed by atoms with Crippen LogP contribution in [0, 0.1) is 5.92 Å². The van der Waals surface area contributed by atoms with Crippen LogP contribution in [0.15, 0.2) is 59.6 Å². The maximum Gasteiger partial charge on any atom is 0.227 e. The third kappa shape index (κ3) is 2.11. The fourth-order valence-corrected chi connectivity index (χ4v) is 4.75. The number of para-hydroxylation sites is 1. The van der Waals surface area contributed by atoms with E-state index in [4.69, 9.17) is 4.99 Å². The second-order valence-electron chi connectivity index (χ2n) is 6.96. The molecule has 1 aliphatic carbocycles. The Morgan fingerprint density at radius 2 is 1.68 bits per heavy atom. The highest BCUT2D eigenvalue weighted by molar-refractivity contribution is 6.10. The van der Waals surface area contributed by atoms with Crippen molar-refractivity contribution in [1.29, 1.82) is 0 Å². The molecule has 3 heteroatoms. The molecular formula is C22H24N2O. The van der Waals surface area contributed by atoms with Crippen molar-refractivity contribution in [1.82, 2.24) is 4.90 Å². The summed E-state index contributed by atoms with van der Waals surface area (Å²) >= 11 is 0. The monoisotopic (exact) mass is 332 g/mol. The van der Waals surface area contributed by atoms with Crippen LogP contribution in [0.2, 0.25) is 0 Å². The van der Waals surface area contributed by atoms with Gasteiger partial charge < -0.3 is 4.90 Å². The molecule has 25 heavy (non-hydrogen) atoms. The standard InChI is InChI=1S/C22H24N2O/c1-4-24(5-2)21(25)20-19(16-11-7-6-8-12-16)22(20)15(3)23-18-14-10-9-13-17(18)22/h6-14,19-20H,4-5H2,1-3H3. The number of hydrogen-bond acceptors (Lipinski definition) is 2. The van der Waals surface area contributed by atoms with Gasteiger partial charge in [0.05, 0.1) is 17.0 Å². The summed E-state index contributed by atoms with van der Waals surface area (Å²) in [6.45, 7) is 7.70. The van der Waals surface area contributed by atoms with Crippen molar-refractivity contribution in [3.05, 3.63) is 65.7 Å². The van der Waals surface area contributed by atoms with Gasteiger partial charge in [0.25, 0.3) is 0 Å². The van der Waals surface area contributed by atoms with Gasteiger partial charge in [0.15, 0.2) is 0 Å². The number of fused-ring (bicyclic) bond motifs is 2. The molecule has 2 aromatic rings. The Morgan fingerprint density at radius 3 is 2.36 bits per heavy atom. The minimum atomic E-state index is -0.266. The van der Waals surface area contributed by atoms with Crippen LogP contribution < -0.4 is 0 Å². The average Bonchev–Trinajstić information content (AvgIpc) is 3.26. The van der Waals surface area contributed by atoms with E-state index in [0.717, 1.165) is 24.5 Å². The largest absolute Gasteiger partial charge is 0.343 e. The van der Waals surface area contributed by atoms with Crippen molar-refractivity contribution in [2.75, 3.05) is 13.1 Å². The summed E-state index contributed by atoms with van der Waals surface area (Å²) in [6, 6.07) is 18.8. The molecule has 3 unspecified atom stereocenters. The van der Waals surface area contributed by atoms with Gasteiger partial charge in [-0.15, -0.1) is 0 Å². The van der Waals surface area contributed by atoms with E-state index in [0.29, 0.717) is 0 Å². The smallest absolute Gasteiger partial charge is 0.227 e. The van der Waals surface area contributed by atoms with Gasteiger partial charge in [-0.2, -0.15) is 0 Å². The lowest BCUT2D eigenvalue weighted by atomic mass is 9.87. The molecule has 2 aliphatic rings. The molecule has 1 saturated carbocycles. The summed E-state index contributed by atoms with van der Waals surface area (Å²) in [4.78, 5) is 20.1. The molecule has 128 valence electrons. The topological polar surface area (TPSA) is 32.7 Å². The Morgan fingerprint density at radius 1 is 1.04 bits per heavy atom. The van der Waals surface area contributed by atoms with Crippen molar-refractivity contribution in [2.24, 2.45) is 10.9 Å². The van der Waals surface area contributed by atoms with Crippen molar-refractivity contribution in [3.8, 4) is 0 Å². The number of amides is 1. The number of aliphatic imine (C=N–C) groups is 1. The fourth-order valence-electron chi connectivity index (χ4n) is 4.75. The second kappa shape index (κ2) is 5.83. The quantitative estimate of drug-likeness (QED) is 0.821. The summed E-state index contributed by atoms with van der Waals surface area (Å²) in [6.07, 6.45) is 0. The Labute approximate surface area is 149 Å². The predicted molar refractivity (Wildman–Crippen MR) is 101 cm³/mol. The van der Waals surface area contributed by atoms with Crippen LogP contribution in [0.3, 0.4) is 0 Å². The third-order valence-corrected chi connectivity index (χ3v) is 5.94. The van der Waals surface area contributed by atoms with Crippen LogP contribution in [-0.2, 0) is 10.2 Å². The molecule has 3 nitrogen and oxygen atoms in total. The van der Waals surface area contributed by atoms with Gasteiger partial charge in [-0.1, -0.05) is 48.5 Å². The highest BCUT2D eigenvalue weighted by Crippen LogP contribution is 2.70. The van der Waals surface area contributed by atoms with E-state index >= 15 is 0 Å². The second-order valence-corrected chi connectivity index (χ2v) is 6.96. The maximum atomic E-state index is 13.3. The Hall–Kier alpha value is -2.42. The third-order valence-electron chi connectivity index (χ3n) is 5.94. The average molecular weight is 332 g/mol. The van der Waals surface area contributed by atoms with Gasteiger partial charge in [0.2, 0.25) is 5.91 Å². The molecule has 0 radical (unpaired) electrons. The van der Waals surface area contributed by atoms with Crippen LogP contribution in [0.4, 0.5) is 5.69 Å². The highest BCUT2D eigenvalue weighted by atomic mass is 16.2. The van der Waals surface area contributed by atoms with E-state index in [9.17, 15) is 4.79 Å². The van der Waals surface area contributed by atoms with E-state index in [1.807, 2.05) is 17.0 Å². The van der Waals surface area contributed by atoms with Gasteiger partial charge in [0, 0.05) is 24.7 Å². The predicted octanol–water partition coefficient (Wildman–Crippen LogP) is 4.31. The zero-order valence-electron chi connectivity index (χ0n) is 15.1. The lowest BCUT2D eigenvalue weighted by Crippen LogP contribution is -2.35. The first-order valence-corrected chi connectivity index (χ1v) is 9.15. The fraction of sp³-hybridized carbons (Fsp3) is 0.364. The normalized spacial score (nSPS) is 26.3. The van der Waals surface area contributed by atoms with Gasteiger partial charge in [-0.25, -0.2) is 0 Å². The Balaban J connectivity index is 1.85. The minimum Gasteiger partial charge on any atom is -0.343 e. The zero-order valence-corrected chi connectivity index (χ0v) is 15.1. The number of hydrogen-bond donors (Lipinski definition) is 0. The summed E-state index contributed by atoms with van der Waals surface area (Å²) < 4.78 is 0. The van der Waals surface area contributed by atoms with Gasteiger partial charge >= 0.3 is 0 Å². The van der Waals surface area contributed by atoms with Crippen LogP contribution in [0.25, 0.3) is 0 Å². The van der Waals surface area contributed by atoms with Crippen LogP contribution in [0.1, 0.15) is 37.8 Å². The maximum absolute atomic E-state index is 13.3.